The van der Waals surface area contributed by atoms with Crippen molar-refractivity contribution in [3.63, 3.8) is 0 Å². The Morgan fingerprint density at radius 3 is 1.83 bits per heavy atom. The first-order valence-corrected chi connectivity index (χ1v) is 7.48. The molecule has 0 amide bonds. The van der Waals surface area contributed by atoms with Gasteiger partial charge in [0.25, 0.3) is 0 Å². The maximum absolute atomic E-state index is 13.1. The Balaban J connectivity index is 3.71. The molecule has 0 unspecified atom stereocenters. The number of rotatable bonds is 2. The third-order valence-electron chi connectivity index (χ3n) is 2.68. The fraction of sp³-hybridized carbons (Fsp3) is 0.500. The molecule has 0 atom stereocenters. The normalized spacial score (nSPS) is 17.2. The lowest BCUT2D eigenvalue weighted by atomic mass is 9.86. The van der Waals surface area contributed by atoms with Gasteiger partial charge in [0.05, 0.1) is 0 Å². The van der Waals surface area contributed by atoms with E-state index in [1.165, 1.54) is 26.8 Å². The second-order valence-electron chi connectivity index (χ2n) is 5.40. The molecule has 1 aromatic carbocycles. The van der Waals surface area contributed by atoms with Gasteiger partial charge in [-0.2, -0.15) is 0 Å². The fourth-order valence-electron chi connectivity index (χ4n) is 1.73. The second kappa shape index (κ2) is 3.40. The summed E-state index contributed by atoms with van der Waals surface area (Å²) in [4.78, 5) is -1.75. The predicted molar refractivity (Wildman–Crippen MR) is 65.9 cm³/mol. The molecule has 0 bridgehead atoms. The van der Waals surface area contributed by atoms with Crippen molar-refractivity contribution in [2.75, 3.05) is 0 Å². The Kier molecular flexibility index (Phi) is 2.89. The summed E-state index contributed by atoms with van der Waals surface area (Å²) in [6, 6.07) is 3.21. The van der Waals surface area contributed by atoms with Crippen LogP contribution in [-0.4, -0.2) is 0 Å². The van der Waals surface area contributed by atoms with E-state index in [4.69, 9.17) is 0 Å². The molecule has 1 rings (SSSR count). The summed E-state index contributed by atoms with van der Waals surface area (Å²) in [5.74, 6) is 0. The molecule has 0 radical (unpaired) electrons. The third kappa shape index (κ3) is 3.37. The van der Waals surface area contributed by atoms with E-state index in [0.717, 1.165) is 6.07 Å². The highest BCUT2D eigenvalue weighted by atomic mass is 32.5. The first kappa shape index (κ1) is 15.3. The molecule has 0 aliphatic heterocycles. The van der Waals surface area contributed by atoms with Crippen molar-refractivity contribution in [1.82, 2.24) is 0 Å². The summed E-state index contributed by atoms with van der Waals surface area (Å²) in [7, 11) is -9.65. The van der Waals surface area contributed by atoms with Crippen LogP contribution in [0.3, 0.4) is 0 Å². The summed E-state index contributed by atoms with van der Waals surface area (Å²) in [5.41, 5.74) is -1.10. The van der Waals surface area contributed by atoms with Crippen molar-refractivity contribution in [3.8, 4) is 0 Å². The van der Waals surface area contributed by atoms with E-state index in [9.17, 15) is 19.4 Å². The van der Waals surface area contributed by atoms with Gasteiger partial charge in [-0.05, 0) is 29.0 Å². The zero-order chi connectivity index (χ0) is 14.5. The maximum Gasteiger partial charge on any atom is 0.310 e. The minimum atomic E-state index is -9.65. The van der Waals surface area contributed by atoms with E-state index in [0.29, 0.717) is 6.07 Å². The van der Waals surface area contributed by atoms with E-state index in [1.54, 1.807) is 6.92 Å². The van der Waals surface area contributed by atoms with Crippen molar-refractivity contribution < 1.29 is 19.4 Å². The van der Waals surface area contributed by atoms with E-state index >= 15 is 0 Å². The van der Waals surface area contributed by atoms with Gasteiger partial charge in [-0.3, -0.25) is 0 Å². The van der Waals surface area contributed by atoms with Crippen molar-refractivity contribution in [2.45, 2.75) is 44.4 Å². The van der Waals surface area contributed by atoms with E-state index in [-0.39, 0.29) is 17.5 Å². The van der Waals surface area contributed by atoms with E-state index < -0.39 is 20.5 Å². The van der Waals surface area contributed by atoms with E-state index in [2.05, 4.69) is 0 Å². The molecule has 6 heteroatoms. The summed E-state index contributed by atoms with van der Waals surface area (Å²) >= 11 is 0. The SMILES string of the molecule is CCc1ccc(C(C)(C)C)c(S(F)(F)(F)(F)F)c1. The Morgan fingerprint density at radius 1 is 1.00 bits per heavy atom. The Morgan fingerprint density at radius 2 is 1.50 bits per heavy atom. The van der Waals surface area contributed by atoms with Crippen molar-refractivity contribution in [1.29, 1.82) is 0 Å². The van der Waals surface area contributed by atoms with Crippen LogP contribution in [0.15, 0.2) is 23.1 Å². The average Bonchev–Trinajstić information content (AvgIpc) is 2.12. The number of aryl methyl sites for hydroxylation is 1. The number of hydrogen-bond acceptors (Lipinski definition) is 0. The summed E-state index contributed by atoms with van der Waals surface area (Å²) in [5, 5.41) is 0. The fourth-order valence-corrected chi connectivity index (χ4v) is 2.89. The van der Waals surface area contributed by atoms with Crippen LogP contribution < -0.4 is 0 Å². The third-order valence-corrected chi connectivity index (χ3v) is 3.85. The molecule has 106 valence electrons. The topological polar surface area (TPSA) is 0 Å². The summed E-state index contributed by atoms with van der Waals surface area (Å²) in [6.07, 6.45) is 0.283. The lowest BCUT2D eigenvalue weighted by Gasteiger charge is -2.43. The standard InChI is InChI=1S/C12H17F5S/c1-5-9-6-7-10(12(2,3)4)11(8-9)18(13,14,15,16)17/h6-8H,5H2,1-4H3. The van der Waals surface area contributed by atoms with Crippen molar-refractivity contribution >= 4 is 10.2 Å². The zero-order valence-corrected chi connectivity index (χ0v) is 11.6. The Hall–Kier alpha value is -0.780. The number of benzene rings is 1. The van der Waals surface area contributed by atoms with Crippen molar-refractivity contribution in [2.24, 2.45) is 0 Å². The van der Waals surface area contributed by atoms with E-state index in [1.807, 2.05) is 0 Å². The minimum absolute atomic E-state index is 0.256. The molecule has 0 fully saturated rings. The van der Waals surface area contributed by atoms with Crippen LogP contribution in [0.1, 0.15) is 38.8 Å². The largest absolute Gasteiger partial charge is 0.310 e. The number of halogens is 5. The average molecular weight is 288 g/mol. The molecular formula is C12H17F5S. The molecule has 1 aromatic rings. The van der Waals surface area contributed by atoms with Gasteiger partial charge in [0, 0.05) is 0 Å². The van der Waals surface area contributed by atoms with Crippen LogP contribution in [0.4, 0.5) is 19.4 Å². The molecule has 0 aliphatic rings. The summed E-state index contributed by atoms with van der Waals surface area (Å²) < 4.78 is 65.3. The molecule has 0 spiro atoms. The lowest BCUT2D eigenvalue weighted by molar-refractivity contribution is 0.358. The maximum atomic E-state index is 13.1. The van der Waals surface area contributed by atoms with Crippen LogP contribution in [-0.2, 0) is 11.8 Å². The quantitative estimate of drug-likeness (QED) is 0.568. The zero-order valence-electron chi connectivity index (χ0n) is 10.7. The Labute approximate surface area is 104 Å². The van der Waals surface area contributed by atoms with Crippen LogP contribution in [0.5, 0.6) is 0 Å². The molecule has 0 nitrogen and oxygen atoms in total. The van der Waals surface area contributed by atoms with Gasteiger partial charge in [-0.15, -0.1) is 0 Å². The van der Waals surface area contributed by atoms with Crippen LogP contribution in [0, 0.1) is 0 Å². The van der Waals surface area contributed by atoms with Gasteiger partial charge in [0.15, 0.2) is 0 Å². The van der Waals surface area contributed by atoms with Crippen LogP contribution in [0.25, 0.3) is 0 Å². The van der Waals surface area contributed by atoms with Gasteiger partial charge in [0.1, 0.15) is 4.90 Å². The smallest absolute Gasteiger partial charge is 0.0936 e. The summed E-state index contributed by atoms with van der Waals surface area (Å²) in [6.45, 7) is 6.09. The minimum Gasteiger partial charge on any atom is -0.0936 e. The monoisotopic (exact) mass is 288 g/mol. The lowest BCUT2D eigenvalue weighted by Crippen LogP contribution is -2.19. The Bertz CT molecular complexity index is 467. The van der Waals surface area contributed by atoms with Gasteiger partial charge >= 0.3 is 10.2 Å². The molecule has 0 N–H and O–H groups in total. The molecular weight excluding hydrogens is 271 g/mol. The highest BCUT2D eigenvalue weighted by Gasteiger charge is 2.66. The first-order valence-electron chi connectivity index (χ1n) is 5.52. The van der Waals surface area contributed by atoms with Gasteiger partial charge in [-0.1, -0.05) is 59.3 Å². The van der Waals surface area contributed by atoms with Gasteiger partial charge in [-0.25, -0.2) is 0 Å². The van der Waals surface area contributed by atoms with Crippen LogP contribution >= 0.6 is 10.2 Å². The van der Waals surface area contributed by atoms with Gasteiger partial charge in [0.2, 0.25) is 0 Å². The molecule has 18 heavy (non-hydrogen) atoms. The predicted octanol–water partition coefficient (Wildman–Crippen LogP) is 6.20. The highest BCUT2D eigenvalue weighted by Crippen LogP contribution is 3.02. The van der Waals surface area contributed by atoms with Crippen molar-refractivity contribution in [3.05, 3.63) is 29.3 Å². The number of hydrogen-bond donors (Lipinski definition) is 0. The molecule has 0 aromatic heterocycles. The second-order valence-corrected chi connectivity index (χ2v) is 7.78. The van der Waals surface area contributed by atoms with Gasteiger partial charge < -0.3 is 0 Å². The molecule has 0 saturated carbocycles. The molecule has 0 saturated heterocycles. The highest BCUT2D eigenvalue weighted by molar-refractivity contribution is 8.45. The molecule has 0 heterocycles. The molecule has 0 aliphatic carbocycles. The van der Waals surface area contributed by atoms with Crippen LogP contribution in [0.2, 0.25) is 0 Å². The first-order chi connectivity index (χ1) is 7.65.